The van der Waals surface area contributed by atoms with Crippen LogP contribution in [0.2, 0.25) is 0 Å². The number of benzene rings is 1. The van der Waals surface area contributed by atoms with Crippen LogP contribution in [-0.4, -0.2) is 71.8 Å². The van der Waals surface area contributed by atoms with E-state index in [1.54, 1.807) is 4.52 Å². The minimum absolute atomic E-state index is 0.534. The molecule has 126 valence electrons. The zero-order valence-electron chi connectivity index (χ0n) is 13.5. The summed E-state index contributed by atoms with van der Waals surface area (Å²) in [6.45, 7) is 5.59. The van der Waals surface area contributed by atoms with Gasteiger partial charge in [0.05, 0.1) is 11.0 Å². The third-order valence-corrected chi connectivity index (χ3v) is 4.45. The molecular formula is C14H15N11. The fourth-order valence-corrected chi connectivity index (χ4v) is 3.20. The number of hydrogen-bond donors (Lipinski definition) is 2. The van der Waals surface area contributed by atoms with Gasteiger partial charge in [0.15, 0.2) is 5.82 Å². The Kier molecular flexibility index (Phi) is 3.06. The van der Waals surface area contributed by atoms with Crippen LogP contribution in [0.25, 0.3) is 28.1 Å². The number of rotatable bonds is 2. The molecule has 4 aromatic rings. The molecule has 25 heavy (non-hydrogen) atoms. The molecule has 11 nitrogen and oxygen atoms in total. The van der Waals surface area contributed by atoms with Gasteiger partial charge in [-0.3, -0.25) is 0 Å². The maximum absolute atomic E-state index is 4.85. The van der Waals surface area contributed by atoms with Gasteiger partial charge in [-0.1, -0.05) is 0 Å². The SMILES string of the molecule is Cc1cc2nc(N3CCNCC3)c3nnnn3c2cc1-c1nn[nH]n1. The summed E-state index contributed by atoms with van der Waals surface area (Å²) in [5.74, 6) is 1.34. The van der Waals surface area contributed by atoms with Gasteiger partial charge < -0.3 is 10.2 Å². The number of piperazine rings is 1. The number of anilines is 1. The zero-order chi connectivity index (χ0) is 16.8. The lowest BCUT2D eigenvalue weighted by atomic mass is 10.1. The van der Waals surface area contributed by atoms with E-state index in [0.29, 0.717) is 11.5 Å². The first-order valence-electron chi connectivity index (χ1n) is 8.03. The molecule has 0 amide bonds. The van der Waals surface area contributed by atoms with Crippen molar-refractivity contribution in [2.45, 2.75) is 6.92 Å². The number of aryl methyl sites for hydroxylation is 1. The molecule has 0 bridgehead atoms. The van der Waals surface area contributed by atoms with Gasteiger partial charge in [0, 0.05) is 31.7 Å². The van der Waals surface area contributed by atoms with Crippen molar-refractivity contribution in [2.75, 3.05) is 31.1 Å². The van der Waals surface area contributed by atoms with E-state index in [1.165, 1.54) is 0 Å². The molecule has 0 spiro atoms. The van der Waals surface area contributed by atoms with Crippen LogP contribution in [0.4, 0.5) is 5.82 Å². The molecule has 1 saturated heterocycles. The lowest BCUT2D eigenvalue weighted by Gasteiger charge is -2.28. The first-order valence-corrected chi connectivity index (χ1v) is 8.03. The van der Waals surface area contributed by atoms with Crippen LogP contribution >= 0.6 is 0 Å². The Balaban J connectivity index is 1.76. The Labute approximate surface area is 141 Å². The maximum Gasteiger partial charge on any atom is 0.222 e. The Hall–Kier alpha value is -3.21. The van der Waals surface area contributed by atoms with E-state index in [0.717, 1.165) is 54.2 Å². The molecule has 0 radical (unpaired) electrons. The second kappa shape index (κ2) is 5.41. The summed E-state index contributed by atoms with van der Waals surface area (Å²) in [5, 5.41) is 29.8. The summed E-state index contributed by atoms with van der Waals surface area (Å²) in [4.78, 5) is 7.07. The van der Waals surface area contributed by atoms with Gasteiger partial charge in [-0.25, -0.2) is 4.98 Å². The van der Waals surface area contributed by atoms with Crippen molar-refractivity contribution >= 4 is 22.5 Å². The molecule has 1 aromatic carbocycles. The second-order valence-corrected chi connectivity index (χ2v) is 5.98. The van der Waals surface area contributed by atoms with E-state index >= 15 is 0 Å². The number of aromatic amines is 1. The first kappa shape index (κ1) is 14.2. The molecule has 3 aromatic heterocycles. The highest BCUT2D eigenvalue weighted by atomic mass is 15.5. The highest BCUT2D eigenvalue weighted by Gasteiger charge is 2.20. The molecule has 4 heterocycles. The average molecular weight is 337 g/mol. The summed E-state index contributed by atoms with van der Waals surface area (Å²) >= 11 is 0. The smallest absolute Gasteiger partial charge is 0.222 e. The number of nitrogens with zero attached hydrogens (tertiary/aromatic N) is 9. The minimum Gasteiger partial charge on any atom is -0.351 e. The average Bonchev–Trinajstić information content (AvgIpc) is 3.33. The molecule has 0 saturated carbocycles. The Morgan fingerprint density at radius 2 is 2.00 bits per heavy atom. The third kappa shape index (κ3) is 2.20. The quantitative estimate of drug-likeness (QED) is 0.501. The van der Waals surface area contributed by atoms with Gasteiger partial charge in [0.25, 0.3) is 0 Å². The number of hydrogen-bond acceptors (Lipinski definition) is 9. The largest absolute Gasteiger partial charge is 0.351 e. The van der Waals surface area contributed by atoms with Crippen molar-refractivity contribution in [3.63, 3.8) is 0 Å². The van der Waals surface area contributed by atoms with E-state index in [2.05, 4.69) is 46.4 Å². The van der Waals surface area contributed by atoms with Gasteiger partial charge in [-0.15, -0.1) is 15.3 Å². The number of H-pyrrole nitrogens is 1. The van der Waals surface area contributed by atoms with E-state index < -0.39 is 0 Å². The number of tetrazole rings is 2. The van der Waals surface area contributed by atoms with E-state index in [1.807, 2.05) is 19.1 Å². The molecule has 2 N–H and O–H groups in total. The monoisotopic (exact) mass is 337 g/mol. The van der Waals surface area contributed by atoms with Crippen molar-refractivity contribution in [2.24, 2.45) is 0 Å². The number of fused-ring (bicyclic) bond motifs is 3. The number of aromatic nitrogens is 9. The van der Waals surface area contributed by atoms with Crippen LogP contribution in [-0.2, 0) is 0 Å². The van der Waals surface area contributed by atoms with Crippen LogP contribution in [0.5, 0.6) is 0 Å². The molecular weight excluding hydrogens is 322 g/mol. The van der Waals surface area contributed by atoms with Crippen molar-refractivity contribution in [3.05, 3.63) is 17.7 Å². The fourth-order valence-electron chi connectivity index (χ4n) is 3.20. The van der Waals surface area contributed by atoms with Crippen LogP contribution in [0.3, 0.4) is 0 Å². The highest BCUT2D eigenvalue weighted by Crippen LogP contribution is 2.28. The lowest BCUT2D eigenvalue weighted by Crippen LogP contribution is -2.44. The predicted molar refractivity (Wildman–Crippen MR) is 89.1 cm³/mol. The van der Waals surface area contributed by atoms with Crippen LogP contribution in [0.15, 0.2) is 12.1 Å². The maximum atomic E-state index is 4.85. The summed E-state index contributed by atoms with van der Waals surface area (Å²) in [6.07, 6.45) is 0. The van der Waals surface area contributed by atoms with E-state index in [9.17, 15) is 0 Å². The number of nitrogens with one attached hydrogen (secondary N) is 2. The molecule has 1 aliphatic heterocycles. The zero-order valence-corrected chi connectivity index (χ0v) is 13.5. The van der Waals surface area contributed by atoms with Gasteiger partial charge in [-0.05, 0) is 40.3 Å². The van der Waals surface area contributed by atoms with Crippen LogP contribution in [0.1, 0.15) is 5.56 Å². The predicted octanol–water partition coefficient (Wildman–Crippen LogP) is -0.429. The van der Waals surface area contributed by atoms with Crippen LogP contribution < -0.4 is 10.2 Å². The molecule has 11 heteroatoms. The van der Waals surface area contributed by atoms with Crippen molar-refractivity contribution in [3.8, 4) is 11.4 Å². The van der Waals surface area contributed by atoms with Gasteiger partial charge in [0.1, 0.15) is 0 Å². The summed E-state index contributed by atoms with van der Waals surface area (Å²) in [5.41, 5.74) is 4.18. The summed E-state index contributed by atoms with van der Waals surface area (Å²) in [7, 11) is 0. The van der Waals surface area contributed by atoms with Gasteiger partial charge in [-0.2, -0.15) is 9.73 Å². The molecule has 1 aliphatic rings. The Morgan fingerprint density at radius 3 is 2.80 bits per heavy atom. The van der Waals surface area contributed by atoms with Crippen molar-refractivity contribution in [1.29, 1.82) is 0 Å². The molecule has 0 unspecified atom stereocenters. The molecule has 1 fully saturated rings. The van der Waals surface area contributed by atoms with E-state index in [4.69, 9.17) is 4.98 Å². The summed E-state index contributed by atoms with van der Waals surface area (Å²) < 4.78 is 1.72. The second-order valence-electron chi connectivity index (χ2n) is 5.98. The summed E-state index contributed by atoms with van der Waals surface area (Å²) in [6, 6.07) is 3.96. The molecule has 0 aliphatic carbocycles. The lowest BCUT2D eigenvalue weighted by molar-refractivity contribution is 0.586. The molecule has 0 atom stereocenters. The minimum atomic E-state index is 0.534. The van der Waals surface area contributed by atoms with Crippen molar-refractivity contribution < 1.29 is 0 Å². The normalized spacial score (nSPS) is 15.3. The van der Waals surface area contributed by atoms with E-state index in [-0.39, 0.29) is 0 Å². The topological polar surface area (TPSA) is 126 Å². The van der Waals surface area contributed by atoms with Gasteiger partial charge >= 0.3 is 0 Å². The van der Waals surface area contributed by atoms with Gasteiger partial charge in [0.2, 0.25) is 11.5 Å². The Morgan fingerprint density at radius 1 is 1.12 bits per heavy atom. The third-order valence-electron chi connectivity index (χ3n) is 4.45. The van der Waals surface area contributed by atoms with Crippen LogP contribution in [0, 0.1) is 6.92 Å². The van der Waals surface area contributed by atoms with Crippen molar-refractivity contribution in [1.82, 2.24) is 51.0 Å². The Bertz CT molecular complexity index is 1050. The molecule has 5 rings (SSSR count). The highest BCUT2D eigenvalue weighted by molar-refractivity contribution is 5.87. The fraction of sp³-hybridized carbons (Fsp3) is 0.357. The first-order chi connectivity index (χ1) is 12.3. The standard InChI is InChI=1S/C14H15N11/c1-8-6-10-11(7-9(8)12-17-20-21-18-12)25-14(19-22-23-25)13(16-10)24-4-2-15-3-5-24/h6-7,15H,2-5H2,1H3,(H,17,18,20,21).